The Hall–Kier alpha value is -3.59. The summed E-state index contributed by atoms with van der Waals surface area (Å²) in [5.41, 5.74) is 2.63. The third kappa shape index (κ3) is 2.48. The standard InChI is InChI=1S/C21H18N6O3/c1-26-9-22-20-17(26)21(29)27(10-23-20)8-14-24-19(25-30-14)16-13-7-12(18(28)15(13)16)11-5-3-2-4-6-11/h2-7,9-10,13,15-16,18,28H,8H2,1H3/t13-,15+,16+,18+/m0/s1. The van der Waals surface area contributed by atoms with Crippen LogP contribution in [0.3, 0.4) is 0 Å². The van der Waals surface area contributed by atoms with Gasteiger partial charge >= 0.3 is 0 Å². The van der Waals surface area contributed by atoms with Crippen molar-refractivity contribution >= 4 is 16.7 Å². The van der Waals surface area contributed by atoms with Crippen LogP contribution in [0.25, 0.3) is 16.7 Å². The van der Waals surface area contributed by atoms with E-state index in [1.807, 2.05) is 30.3 Å². The van der Waals surface area contributed by atoms with Crippen LogP contribution in [0.1, 0.15) is 23.2 Å². The monoisotopic (exact) mass is 402 g/mol. The summed E-state index contributed by atoms with van der Waals surface area (Å²) in [5.74, 6) is 1.23. The Morgan fingerprint density at radius 2 is 1.97 bits per heavy atom. The predicted octanol–water partition coefficient (Wildman–Crippen LogP) is 1.35. The Morgan fingerprint density at radius 1 is 1.17 bits per heavy atom. The summed E-state index contributed by atoms with van der Waals surface area (Å²) in [7, 11) is 1.75. The van der Waals surface area contributed by atoms with Crippen molar-refractivity contribution in [2.24, 2.45) is 18.9 Å². The number of benzene rings is 1. The Bertz CT molecular complexity index is 1350. The molecule has 0 aliphatic heterocycles. The lowest BCUT2D eigenvalue weighted by molar-refractivity contribution is 0.208. The minimum atomic E-state index is -0.539. The van der Waals surface area contributed by atoms with Crippen LogP contribution in [0, 0.1) is 11.8 Å². The maximum Gasteiger partial charge on any atom is 0.280 e. The lowest BCUT2D eigenvalue weighted by Gasteiger charge is -2.12. The number of aromatic nitrogens is 6. The number of nitrogens with zero attached hydrogens (tertiary/aromatic N) is 6. The Kier molecular flexibility index (Phi) is 3.57. The number of hydrogen-bond acceptors (Lipinski definition) is 7. The van der Waals surface area contributed by atoms with Crippen molar-refractivity contribution in [2.75, 3.05) is 0 Å². The van der Waals surface area contributed by atoms with E-state index >= 15 is 0 Å². The van der Waals surface area contributed by atoms with Gasteiger partial charge in [0, 0.05) is 18.9 Å². The van der Waals surface area contributed by atoms with Crippen molar-refractivity contribution in [1.82, 2.24) is 29.2 Å². The summed E-state index contributed by atoms with van der Waals surface area (Å²) in [6, 6.07) is 9.91. The molecule has 150 valence electrons. The summed E-state index contributed by atoms with van der Waals surface area (Å²) in [6.45, 7) is 0.135. The molecule has 2 aliphatic carbocycles. The van der Waals surface area contributed by atoms with E-state index in [0.29, 0.717) is 22.9 Å². The Balaban J connectivity index is 1.24. The average molecular weight is 402 g/mol. The topological polar surface area (TPSA) is 112 Å². The van der Waals surface area contributed by atoms with Gasteiger partial charge < -0.3 is 14.2 Å². The van der Waals surface area contributed by atoms with Gasteiger partial charge in [-0.1, -0.05) is 41.6 Å². The molecule has 30 heavy (non-hydrogen) atoms. The van der Waals surface area contributed by atoms with Crippen LogP contribution in [0.5, 0.6) is 0 Å². The molecular weight excluding hydrogens is 384 g/mol. The van der Waals surface area contributed by atoms with Crippen molar-refractivity contribution < 1.29 is 9.63 Å². The number of hydrogen-bond donors (Lipinski definition) is 1. The number of aliphatic hydroxyl groups is 1. The van der Waals surface area contributed by atoms with Crippen LogP contribution in [0.2, 0.25) is 0 Å². The Morgan fingerprint density at radius 3 is 2.73 bits per heavy atom. The molecule has 2 aliphatic rings. The molecule has 1 saturated carbocycles. The molecule has 4 atom stereocenters. The van der Waals surface area contributed by atoms with Crippen LogP contribution < -0.4 is 5.56 Å². The summed E-state index contributed by atoms with van der Waals surface area (Å²) in [6.07, 6.45) is 4.58. The highest BCUT2D eigenvalue weighted by atomic mass is 16.5. The normalized spacial score (nSPS) is 24.8. The van der Waals surface area contributed by atoms with Crippen molar-refractivity contribution in [3.63, 3.8) is 0 Å². The molecule has 3 heterocycles. The molecule has 6 rings (SSSR count). The van der Waals surface area contributed by atoms with Crippen molar-refractivity contribution in [3.05, 3.63) is 76.7 Å². The predicted molar refractivity (Wildman–Crippen MR) is 106 cm³/mol. The molecule has 0 radical (unpaired) electrons. The molecule has 0 spiro atoms. The molecule has 9 heteroatoms. The van der Waals surface area contributed by atoms with E-state index in [2.05, 4.69) is 26.2 Å². The molecule has 4 aromatic rings. The van der Waals surface area contributed by atoms with E-state index in [0.717, 1.165) is 11.1 Å². The maximum absolute atomic E-state index is 12.7. The SMILES string of the molecule is Cn1cnc2ncn(Cc3nc([C@@H]4[C@H]5C=C(c6ccccc6)[C@@H](O)[C@H]54)no3)c(=O)c21. The van der Waals surface area contributed by atoms with Crippen molar-refractivity contribution in [3.8, 4) is 0 Å². The van der Waals surface area contributed by atoms with Gasteiger partial charge in [0.05, 0.1) is 12.4 Å². The molecule has 9 nitrogen and oxygen atoms in total. The molecule has 1 N–H and O–H groups in total. The first-order valence-electron chi connectivity index (χ1n) is 9.76. The highest BCUT2D eigenvalue weighted by Crippen LogP contribution is 2.62. The largest absolute Gasteiger partial charge is 0.388 e. The zero-order valence-corrected chi connectivity index (χ0v) is 16.1. The second-order valence-electron chi connectivity index (χ2n) is 7.86. The Labute approximate surface area is 170 Å². The fourth-order valence-corrected chi connectivity index (χ4v) is 4.53. The van der Waals surface area contributed by atoms with Gasteiger partial charge in [0.25, 0.3) is 5.56 Å². The molecule has 1 fully saturated rings. The number of allylic oxidation sites excluding steroid dienone is 1. The lowest BCUT2D eigenvalue weighted by Crippen LogP contribution is -2.22. The molecule has 0 amide bonds. The van der Waals surface area contributed by atoms with Crippen molar-refractivity contribution in [1.29, 1.82) is 0 Å². The van der Waals surface area contributed by atoms with Gasteiger partial charge in [0.2, 0.25) is 5.89 Å². The summed E-state index contributed by atoms with van der Waals surface area (Å²) in [4.78, 5) is 25.5. The van der Waals surface area contributed by atoms with Gasteiger partial charge in [0.1, 0.15) is 12.9 Å². The number of aliphatic hydroxyl groups excluding tert-OH is 1. The molecule has 0 unspecified atom stereocenters. The maximum atomic E-state index is 12.7. The van der Waals surface area contributed by atoms with E-state index in [1.165, 1.54) is 10.9 Å². The average Bonchev–Trinajstić information content (AvgIpc) is 3.04. The molecular formula is C21H18N6O3. The first-order valence-corrected chi connectivity index (χ1v) is 9.76. The van der Waals surface area contributed by atoms with Gasteiger partial charge in [-0.2, -0.15) is 4.98 Å². The zero-order valence-electron chi connectivity index (χ0n) is 16.1. The van der Waals surface area contributed by atoms with Gasteiger partial charge in [-0.05, 0) is 17.1 Å². The van der Waals surface area contributed by atoms with Gasteiger partial charge in [-0.25, -0.2) is 9.97 Å². The number of imidazole rings is 1. The second kappa shape index (κ2) is 6.20. The van der Waals surface area contributed by atoms with E-state index in [1.54, 1.807) is 17.9 Å². The van der Waals surface area contributed by atoms with Crippen molar-refractivity contribution in [2.45, 2.75) is 18.6 Å². The van der Waals surface area contributed by atoms with Gasteiger partial charge in [0.15, 0.2) is 17.0 Å². The van der Waals surface area contributed by atoms with E-state index in [9.17, 15) is 9.90 Å². The van der Waals surface area contributed by atoms with Crippen LogP contribution in [-0.4, -0.2) is 40.5 Å². The zero-order chi connectivity index (χ0) is 20.4. The number of fused-ring (bicyclic) bond motifs is 2. The van der Waals surface area contributed by atoms with Crippen LogP contribution in [0.4, 0.5) is 0 Å². The van der Waals surface area contributed by atoms with Crippen LogP contribution in [0.15, 0.2) is 58.4 Å². The lowest BCUT2D eigenvalue weighted by atomic mass is 9.98. The van der Waals surface area contributed by atoms with Gasteiger partial charge in [-0.15, -0.1) is 0 Å². The summed E-state index contributed by atoms with van der Waals surface area (Å²) < 4.78 is 8.46. The van der Waals surface area contributed by atoms with Crippen LogP contribution in [-0.2, 0) is 13.6 Å². The number of rotatable bonds is 4. The highest BCUT2D eigenvalue weighted by Gasteiger charge is 2.60. The van der Waals surface area contributed by atoms with Gasteiger partial charge in [-0.3, -0.25) is 9.36 Å². The molecule has 0 bridgehead atoms. The summed E-state index contributed by atoms with van der Waals surface area (Å²) >= 11 is 0. The smallest absolute Gasteiger partial charge is 0.280 e. The van der Waals surface area contributed by atoms with E-state index in [-0.39, 0.29) is 29.9 Å². The van der Waals surface area contributed by atoms with E-state index in [4.69, 9.17) is 4.52 Å². The minimum absolute atomic E-state index is 0.0411. The second-order valence-corrected chi connectivity index (χ2v) is 7.86. The molecule has 0 saturated heterocycles. The van der Waals surface area contributed by atoms with E-state index < -0.39 is 6.10 Å². The fourth-order valence-electron chi connectivity index (χ4n) is 4.53. The first-order chi connectivity index (χ1) is 14.6. The molecule has 3 aromatic heterocycles. The highest BCUT2D eigenvalue weighted by molar-refractivity contribution is 5.74. The summed E-state index contributed by atoms with van der Waals surface area (Å²) in [5, 5.41) is 14.9. The third-order valence-corrected chi connectivity index (χ3v) is 6.08. The first kappa shape index (κ1) is 17.3. The quantitative estimate of drug-likeness (QED) is 0.548. The molecule has 1 aromatic carbocycles. The number of aryl methyl sites for hydroxylation is 1. The minimum Gasteiger partial charge on any atom is -0.388 e. The third-order valence-electron chi connectivity index (χ3n) is 6.08. The fraction of sp³-hybridized carbons (Fsp3) is 0.286. The van der Waals surface area contributed by atoms with Crippen LogP contribution >= 0.6 is 0 Å².